The third kappa shape index (κ3) is 3.02. The molecule has 0 unspecified atom stereocenters. The molecule has 0 radical (unpaired) electrons. The number of amides is 2. The highest BCUT2D eigenvalue weighted by atomic mass is 16.5. The zero-order valence-corrected chi connectivity index (χ0v) is 11.6. The molecule has 5 nitrogen and oxygen atoms in total. The van der Waals surface area contributed by atoms with Crippen LogP contribution in [0.2, 0.25) is 0 Å². The van der Waals surface area contributed by atoms with Crippen molar-refractivity contribution in [3.05, 3.63) is 64.7 Å². The molecule has 108 valence electrons. The zero-order valence-electron chi connectivity index (χ0n) is 11.6. The fraction of sp³-hybridized carbons (Fsp3) is 0.125. The first kappa shape index (κ1) is 14.6. The van der Waals surface area contributed by atoms with Crippen molar-refractivity contribution < 1.29 is 14.3 Å². The Hall–Kier alpha value is -2.82. The minimum absolute atomic E-state index is 0.289. The highest BCUT2D eigenvalue weighted by molar-refractivity contribution is 6.01. The number of hydrogen-bond donors (Lipinski definition) is 2. The molecule has 0 aliphatic carbocycles. The molecule has 0 heterocycles. The fourth-order valence-corrected chi connectivity index (χ4v) is 2.28. The molecule has 21 heavy (non-hydrogen) atoms. The quantitative estimate of drug-likeness (QED) is 0.870. The van der Waals surface area contributed by atoms with Crippen LogP contribution >= 0.6 is 0 Å². The maximum absolute atomic E-state index is 11.6. The number of benzene rings is 2. The molecule has 2 amide bonds. The topological polar surface area (TPSA) is 95.4 Å². The van der Waals surface area contributed by atoms with Crippen LogP contribution in [0.3, 0.4) is 0 Å². The van der Waals surface area contributed by atoms with Crippen LogP contribution in [0, 0.1) is 0 Å². The van der Waals surface area contributed by atoms with Crippen molar-refractivity contribution >= 4 is 11.8 Å². The van der Waals surface area contributed by atoms with Crippen LogP contribution < -0.4 is 16.2 Å². The Morgan fingerprint density at radius 1 is 0.952 bits per heavy atom. The van der Waals surface area contributed by atoms with Crippen molar-refractivity contribution in [2.75, 3.05) is 7.11 Å². The van der Waals surface area contributed by atoms with Crippen LogP contribution in [0.5, 0.6) is 5.75 Å². The monoisotopic (exact) mass is 284 g/mol. The van der Waals surface area contributed by atoms with Gasteiger partial charge in [0, 0.05) is 17.5 Å². The van der Waals surface area contributed by atoms with Gasteiger partial charge in [-0.1, -0.05) is 24.3 Å². The van der Waals surface area contributed by atoms with Crippen LogP contribution in [-0.4, -0.2) is 18.9 Å². The minimum Gasteiger partial charge on any atom is -0.496 e. The summed E-state index contributed by atoms with van der Waals surface area (Å²) in [6, 6.07) is 12.1. The summed E-state index contributed by atoms with van der Waals surface area (Å²) in [6.07, 6.45) is 0.335. The van der Waals surface area contributed by atoms with Gasteiger partial charge in [-0.3, -0.25) is 9.59 Å². The second kappa shape index (κ2) is 6.09. The van der Waals surface area contributed by atoms with Crippen LogP contribution in [0.15, 0.2) is 42.5 Å². The van der Waals surface area contributed by atoms with E-state index < -0.39 is 11.8 Å². The average molecular weight is 284 g/mol. The number of carbonyl (C=O) groups is 2. The summed E-state index contributed by atoms with van der Waals surface area (Å²) in [6.45, 7) is 0. The number of primary amides is 2. The van der Waals surface area contributed by atoms with Crippen molar-refractivity contribution in [3.63, 3.8) is 0 Å². The normalized spacial score (nSPS) is 10.1. The van der Waals surface area contributed by atoms with E-state index in [4.69, 9.17) is 16.2 Å². The van der Waals surface area contributed by atoms with Gasteiger partial charge in [0.1, 0.15) is 5.75 Å². The number of ether oxygens (including phenoxy) is 1. The van der Waals surface area contributed by atoms with E-state index in [1.807, 2.05) is 24.3 Å². The summed E-state index contributed by atoms with van der Waals surface area (Å²) in [7, 11) is 1.56. The van der Waals surface area contributed by atoms with Gasteiger partial charge in [0.2, 0.25) is 11.8 Å². The molecule has 0 saturated heterocycles. The molecule has 0 saturated carbocycles. The minimum atomic E-state index is -0.594. The van der Waals surface area contributed by atoms with E-state index in [9.17, 15) is 9.59 Å². The van der Waals surface area contributed by atoms with Gasteiger partial charge in [-0.2, -0.15) is 0 Å². The number of para-hydroxylation sites is 1. The summed E-state index contributed by atoms with van der Waals surface area (Å²) in [5.74, 6) is -0.516. The molecule has 0 fully saturated rings. The molecule has 4 N–H and O–H groups in total. The molecule has 0 aromatic heterocycles. The molecule has 0 aliphatic heterocycles. The van der Waals surface area contributed by atoms with E-state index in [1.54, 1.807) is 25.3 Å². The summed E-state index contributed by atoms with van der Waals surface area (Å²) in [5.41, 5.74) is 12.7. The highest BCUT2D eigenvalue weighted by Crippen LogP contribution is 2.24. The van der Waals surface area contributed by atoms with Crippen molar-refractivity contribution in [1.29, 1.82) is 0 Å². The maximum Gasteiger partial charge on any atom is 0.249 e. The Labute approximate surface area is 122 Å². The molecule has 5 heteroatoms. The van der Waals surface area contributed by atoms with Gasteiger partial charge >= 0.3 is 0 Å². The largest absolute Gasteiger partial charge is 0.496 e. The third-order valence-electron chi connectivity index (χ3n) is 3.27. The molecule has 2 rings (SSSR count). The lowest BCUT2D eigenvalue weighted by molar-refractivity contribution is 0.0999. The fourth-order valence-electron chi connectivity index (χ4n) is 2.28. The van der Waals surface area contributed by atoms with Gasteiger partial charge in [-0.05, 0) is 29.3 Å². The van der Waals surface area contributed by atoms with Gasteiger partial charge in [-0.15, -0.1) is 0 Å². The van der Waals surface area contributed by atoms with E-state index in [0.29, 0.717) is 17.7 Å². The first-order valence-corrected chi connectivity index (χ1v) is 6.38. The Kier molecular flexibility index (Phi) is 4.23. The average Bonchev–Trinajstić information content (AvgIpc) is 2.47. The Bertz CT molecular complexity index is 663. The Morgan fingerprint density at radius 3 is 2.05 bits per heavy atom. The van der Waals surface area contributed by atoms with Gasteiger partial charge < -0.3 is 16.2 Å². The molecular formula is C16H16N2O3. The first-order valence-electron chi connectivity index (χ1n) is 6.38. The predicted molar refractivity (Wildman–Crippen MR) is 79.3 cm³/mol. The van der Waals surface area contributed by atoms with Crippen LogP contribution in [0.1, 0.15) is 31.8 Å². The number of hydrogen-bond acceptors (Lipinski definition) is 3. The summed E-state index contributed by atoms with van der Waals surface area (Å²) < 4.78 is 5.29. The predicted octanol–water partition coefficient (Wildman–Crippen LogP) is 1.48. The van der Waals surface area contributed by atoms with Gasteiger partial charge in [0.25, 0.3) is 0 Å². The number of rotatable bonds is 5. The van der Waals surface area contributed by atoms with Crippen molar-refractivity contribution in [2.24, 2.45) is 11.5 Å². The van der Waals surface area contributed by atoms with Crippen molar-refractivity contribution in [2.45, 2.75) is 6.42 Å². The summed E-state index contributed by atoms with van der Waals surface area (Å²) in [5, 5.41) is 0. The Morgan fingerprint density at radius 2 is 1.52 bits per heavy atom. The molecule has 0 bridgehead atoms. The third-order valence-corrected chi connectivity index (χ3v) is 3.27. The molecule has 2 aromatic carbocycles. The SMILES string of the molecule is COc1ccccc1Cc1c(C(N)=O)cccc1C(N)=O. The van der Waals surface area contributed by atoms with E-state index in [2.05, 4.69) is 0 Å². The summed E-state index contributed by atoms with van der Waals surface area (Å²) >= 11 is 0. The van der Waals surface area contributed by atoms with Crippen LogP contribution in [0.4, 0.5) is 0 Å². The molecule has 0 aliphatic rings. The standard InChI is InChI=1S/C16H16N2O3/c1-21-14-8-3-2-5-10(14)9-13-11(15(17)19)6-4-7-12(13)16(18)20/h2-8H,9H2,1H3,(H2,17,19)(H2,18,20). The van der Waals surface area contributed by atoms with E-state index >= 15 is 0 Å². The van der Waals surface area contributed by atoms with Gasteiger partial charge in [0.05, 0.1) is 7.11 Å². The van der Waals surface area contributed by atoms with Gasteiger partial charge in [0.15, 0.2) is 0 Å². The number of carbonyl (C=O) groups excluding carboxylic acids is 2. The second-order valence-electron chi connectivity index (χ2n) is 4.55. The van der Waals surface area contributed by atoms with E-state index in [-0.39, 0.29) is 11.1 Å². The smallest absolute Gasteiger partial charge is 0.249 e. The van der Waals surface area contributed by atoms with Crippen molar-refractivity contribution in [1.82, 2.24) is 0 Å². The lowest BCUT2D eigenvalue weighted by Gasteiger charge is -2.13. The van der Waals surface area contributed by atoms with Crippen molar-refractivity contribution in [3.8, 4) is 5.75 Å². The first-order chi connectivity index (χ1) is 10.0. The van der Waals surface area contributed by atoms with Crippen LogP contribution in [-0.2, 0) is 6.42 Å². The highest BCUT2D eigenvalue weighted by Gasteiger charge is 2.17. The lowest BCUT2D eigenvalue weighted by atomic mass is 9.93. The molecule has 0 atom stereocenters. The molecule has 0 spiro atoms. The number of nitrogens with two attached hydrogens (primary N) is 2. The van der Waals surface area contributed by atoms with Gasteiger partial charge in [-0.25, -0.2) is 0 Å². The van der Waals surface area contributed by atoms with Crippen LogP contribution in [0.25, 0.3) is 0 Å². The second-order valence-corrected chi connectivity index (χ2v) is 4.55. The zero-order chi connectivity index (χ0) is 15.4. The summed E-state index contributed by atoms with van der Waals surface area (Å²) in [4.78, 5) is 23.2. The lowest BCUT2D eigenvalue weighted by Crippen LogP contribution is -2.20. The Balaban J connectivity index is 2.56. The maximum atomic E-state index is 11.6. The molecular weight excluding hydrogens is 268 g/mol. The van der Waals surface area contributed by atoms with E-state index in [1.165, 1.54) is 0 Å². The van der Waals surface area contributed by atoms with E-state index in [0.717, 1.165) is 5.56 Å². The molecule has 2 aromatic rings. The number of methoxy groups -OCH3 is 1.